The number of nitrogens with zero attached hydrogens (tertiary/aromatic N) is 1. The van der Waals surface area contributed by atoms with Crippen molar-refractivity contribution < 1.29 is 19.2 Å². The summed E-state index contributed by atoms with van der Waals surface area (Å²) in [7, 11) is 0. The molecule has 1 aliphatic rings. The highest BCUT2D eigenvalue weighted by atomic mass is 16.2. The summed E-state index contributed by atoms with van der Waals surface area (Å²) in [6.07, 6.45) is 0. The average molecular weight is 374 g/mol. The summed E-state index contributed by atoms with van der Waals surface area (Å²) in [6, 6.07) is 6.60. The summed E-state index contributed by atoms with van der Waals surface area (Å²) in [5, 5.41) is 7.78. The van der Waals surface area contributed by atoms with Crippen LogP contribution < -0.4 is 16.0 Å². The molecule has 0 bridgehead atoms. The molecule has 0 aromatic heterocycles. The van der Waals surface area contributed by atoms with Gasteiger partial charge in [-0.05, 0) is 40.2 Å². The van der Waals surface area contributed by atoms with Crippen molar-refractivity contribution in [1.29, 1.82) is 0 Å². The van der Waals surface area contributed by atoms with Crippen LogP contribution in [-0.4, -0.2) is 47.3 Å². The van der Waals surface area contributed by atoms with Crippen molar-refractivity contribution in [2.45, 2.75) is 45.7 Å². The lowest BCUT2D eigenvalue weighted by molar-refractivity contribution is -0.135. The smallest absolute Gasteiger partial charge is 0.325 e. The van der Waals surface area contributed by atoms with E-state index in [2.05, 4.69) is 16.0 Å². The third-order valence-corrected chi connectivity index (χ3v) is 4.17. The van der Waals surface area contributed by atoms with E-state index in [0.717, 1.165) is 10.5 Å². The van der Waals surface area contributed by atoms with Crippen LogP contribution in [0.25, 0.3) is 0 Å². The molecule has 1 heterocycles. The monoisotopic (exact) mass is 374 g/mol. The van der Waals surface area contributed by atoms with Crippen molar-refractivity contribution in [2.75, 3.05) is 13.1 Å². The molecule has 1 unspecified atom stereocenters. The van der Waals surface area contributed by atoms with Gasteiger partial charge in [0, 0.05) is 5.54 Å². The minimum Gasteiger partial charge on any atom is -0.350 e. The molecule has 0 radical (unpaired) electrons. The number of imide groups is 1. The van der Waals surface area contributed by atoms with E-state index >= 15 is 0 Å². The normalized spacial score (nSPS) is 19.7. The van der Waals surface area contributed by atoms with Crippen LogP contribution in [0, 0.1) is 6.92 Å². The molecule has 5 amide bonds. The highest BCUT2D eigenvalue weighted by Gasteiger charge is 2.49. The van der Waals surface area contributed by atoms with Gasteiger partial charge in [-0.2, -0.15) is 0 Å². The number of carbonyl (C=O) groups is 4. The molecule has 2 rings (SSSR count). The molecule has 0 saturated carbocycles. The van der Waals surface area contributed by atoms with Crippen LogP contribution in [0.4, 0.5) is 4.79 Å². The van der Waals surface area contributed by atoms with Crippen molar-refractivity contribution in [3.8, 4) is 0 Å². The summed E-state index contributed by atoms with van der Waals surface area (Å²) >= 11 is 0. The zero-order valence-electron chi connectivity index (χ0n) is 16.3. The quantitative estimate of drug-likeness (QED) is 0.662. The van der Waals surface area contributed by atoms with Crippen LogP contribution >= 0.6 is 0 Å². The molecule has 8 heteroatoms. The van der Waals surface area contributed by atoms with Crippen LogP contribution in [0.2, 0.25) is 0 Å². The van der Waals surface area contributed by atoms with Gasteiger partial charge in [0.2, 0.25) is 11.8 Å². The molecular formula is C19H26N4O4. The first-order valence-electron chi connectivity index (χ1n) is 8.71. The third kappa shape index (κ3) is 4.84. The predicted octanol–water partition coefficient (Wildman–Crippen LogP) is 0.793. The van der Waals surface area contributed by atoms with Gasteiger partial charge in [0.05, 0.1) is 6.54 Å². The Morgan fingerprint density at radius 2 is 1.70 bits per heavy atom. The van der Waals surface area contributed by atoms with Gasteiger partial charge in [0.15, 0.2) is 0 Å². The largest absolute Gasteiger partial charge is 0.350 e. The number of amides is 5. The summed E-state index contributed by atoms with van der Waals surface area (Å²) < 4.78 is 0. The number of aryl methyl sites for hydroxylation is 1. The molecule has 1 aromatic rings. The summed E-state index contributed by atoms with van der Waals surface area (Å²) in [6.45, 7) is 8.33. The maximum absolute atomic E-state index is 12.8. The molecule has 3 N–H and O–H groups in total. The van der Waals surface area contributed by atoms with Crippen molar-refractivity contribution in [2.24, 2.45) is 0 Å². The molecule has 1 saturated heterocycles. The number of benzene rings is 1. The molecular weight excluding hydrogens is 348 g/mol. The second-order valence-corrected chi connectivity index (χ2v) is 7.89. The van der Waals surface area contributed by atoms with Gasteiger partial charge >= 0.3 is 6.03 Å². The lowest BCUT2D eigenvalue weighted by Crippen LogP contribution is -2.48. The first kappa shape index (κ1) is 20.4. The van der Waals surface area contributed by atoms with Crippen molar-refractivity contribution in [3.05, 3.63) is 35.4 Å². The first-order chi connectivity index (χ1) is 12.4. The molecule has 0 aliphatic carbocycles. The fraction of sp³-hybridized carbons (Fsp3) is 0.474. The molecule has 8 nitrogen and oxygen atoms in total. The Kier molecular flexibility index (Phi) is 5.58. The third-order valence-electron chi connectivity index (χ3n) is 4.17. The van der Waals surface area contributed by atoms with E-state index in [1.807, 2.05) is 39.8 Å². The van der Waals surface area contributed by atoms with Crippen molar-refractivity contribution >= 4 is 23.8 Å². The Hall–Kier alpha value is -2.90. The van der Waals surface area contributed by atoms with Crippen LogP contribution in [0.5, 0.6) is 0 Å². The molecule has 146 valence electrons. The SMILES string of the molecule is Cc1ccc(C2(C)NC(=O)N(CC(=O)NCC(=O)NC(C)(C)C)C2=O)cc1. The fourth-order valence-electron chi connectivity index (χ4n) is 2.76. The highest BCUT2D eigenvalue weighted by molar-refractivity contribution is 6.09. The van der Waals surface area contributed by atoms with Gasteiger partial charge < -0.3 is 16.0 Å². The highest BCUT2D eigenvalue weighted by Crippen LogP contribution is 2.28. The summed E-state index contributed by atoms with van der Waals surface area (Å²) in [5.41, 5.74) is 0.0275. The minimum absolute atomic E-state index is 0.227. The van der Waals surface area contributed by atoms with Crippen LogP contribution in [-0.2, 0) is 19.9 Å². The van der Waals surface area contributed by atoms with E-state index in [1.165, 1.54) is 0 Å². The van der Waals surface area contributed by atoms with Gasteiger partial charge in [0.25, 0.3) is 5.91 Å². The summed E-state index contributed by atoms with van der Waals surface area (Å²) in [4.78, 5) is 49.7. The molecule has 0 spiro atoms. The Morgan fingerprint density at radius 1 is 1.11 bits per heavy atom. The van der Waals surface area contributed by atoms with Crippen LogP contribution in [0.3, 0.4) is 0 Å². The Labute approximate surface area is 158 Å². The van der Waals surface area contributed by atoms with Gasteiger partial charge in [0.1, 0.15) is 12.1 Å². The van der Waals surface area contributed by atoms with Crippen LogP contribution in [0.15, 0.2) is 24.3 Å². The Bertz CT molecular complexity index is 767. The number of nitrogens with one attached hydrogen (secondary N) is 3. The predicted molar refractivity (Wildman–Crippen MR) is 99.7 cm³/mol. The zero-order chi connectivity index (χ0) is 20.4. The van der Waals surface area contributed by atoms with Gasteiger partial charge in [-0.15, -0.1) is 0 Å². The number of urea groups is 1. The van der Waals surface area contributed by atoms with Crippen molar-refractivity contribution in [1.82, 2.24) is 20.9 Å². The van der Waals surface area contributed by atoms with Gasteiger partial charge in [-0.1, -0.05) is 29.8 Å². The van der Waals surface area contributed by atoms with E-state index < -0.39 is 35.5 Å². The minimum atomic E-state index is -1.23. The standard InChI is InChI=1S/C19H26N4O4/c1-12-6-8-13(9-7-12)19(5)16(26)23(17(27)22-19)11-15(25)20-10-14(24)21-18(2,3)4/h6-9H,10-11H2,1-5H3,(H,20,25)(H,21,24)(H,22,27). The number of rotatable bonds is 5. The maximum Gasteiger partial charge on any atom is 0.325 e. The van der Waals surface area contributed by atoms with Crippen molar-refractivity contribution in [3.63, 3.8) is 0 Å². The first-order valence-corrected chi connectivity index (χ1v) is 8.71. The van der Waals surface area contributed by atoms with E-state index in [4.69, 9.17) is 0 Å². The molecule has 1 fully saturated rings. The van der Waals surface area contributed by atoms with Gasteiger partial charge in [-0.25, -0.2) is 4.79 Å². The number of carbonyl (C=O) groups excluding carboxylic acids is 4. The summed E-state index contributed by atoms with van der Waals surface area (Å²) in [5.74, 6) is -1.45. The topological polar surface area (TPSA) is 108 Å². The zero-order valence-corrected chi connectivity index (χ0v) is 16.3. The van der Waals surface area contributed by atoms with E-state index in [9.17, 15) is 19.2 Å². The lowest BCUT2D eigenvalue weighted by Gasteiger charge is -2.22. The van der Waals surface area contributed by atoms with E-state index in [-0.39, 0.29) is 12.5 Å². The second-order valence-electron chi connectivity index (χ2n) is 7.89. The Balaban J connectivity index is 2.00. The molecule has 1 aromatic carbocycles. The maximum atomic E-state index is 12.8. The Morgan fingerprint density at radius 3 is 2.26 bits per heavy atom. The average Bonchev–Trinajstić information content (AvgIpc) is 2.76. The fourth-order valence-corrected chi connectivity index (χ4v) is 2.76. The lowest BCUT2D eigenvalue weighted by atomic mass is 9.91. The molecule has 1 aliphatic heterocycles. The van der Waals surface area contributed by atoms with Gasteiger partial charge in [-0.3, -0.25) is 19.3 Å². The molecule has 27 heavy (non-hydrogen) atoms. The molecule has 1 atom stereocenters. The number of hydrogen-bond acceptors (Lipinski definition) is 4. The van der Waals surface area contributed by atoms with E-state index in [0.29, 0.717) is 5.56 Å². The van der Waals surface area contributed by atoms with E-state index in [1.54, 1.807) is 19.1 Å². The second kappa shape index (κ2) is 7.38. The number of hydrogen-bond donors (Lipinski definition) is 3. The van der Waals surface area contributed by atoms with Crippen LogP contribution in [0.1, 0.15) is 38.8 Å².